The van der Waals surface area contributed by atoms with E-state index in [9.17, 15) is 9.18 Å². The lowest BCUT2D eigenvalue weighted by Gasteiger charge is -2.32. The molecule has 0 bridgehead atoms. The molecule has 1 saturated heterocycles. The molecule has 1 atom stereocenters. The number of nitrogens with zero attached hydrogens (tertiary/aromatic N) is 4. The molecule has 2 aliphatic rings. The average Bonchev–Trinajstić information content (AvgIpc) is 3.04. The molecule has 25 heavy (non-hydrogen) atoms. The predicted molar refractivity (Wildman–Crippen MR) is 91.6 cm³/mol. The van der Waals surface area contributed by atoms with Gasteiger partial charge in [-0.05, 0) is 43.9 Å². The van der Waals surface area contributed by atoms with E-state index in [4.69, 9.17) is 0 Å². The molecule has 1 amide bonds. The fraction of sp³-hybridized carbons (Fsp3) is 0.500. The molecule has 1 aromatic heterocycles. The molecule has 4 rings (SSSR count). The number of nitrogens with one attached hydrogen (secondary N) is 1. The summed E-state index contributed by atoms with van der Waals surface area (Å²) in [6.07, 6.45) is 4.95. The fourth-order valence-corrected chi connectivity index (χ4v) is 3.68. The van der Waals surface area contributed by atoms with E-state index in [2.05, 4.69) is 20.1 Å². The Morgan fingerprint density at radius 3 is 3.00 bits per heavy atom. The van der Waals surface area contributed by atoms with Crippen LogP contribution in [-0.4, -0.2) is 33.3 Å². The lowest BCUT2D eigenvalue weighted by atomic mass is 10.0. The summed E-state index contributed by atoms with van der Waals surface area (Å²) in [6, 6.07) is 5.95. The van der Waals surface area contributed by atoms with E-state index in [1.165, 1.54) is 12.1 Å². The van der Waals surface area contributed by atoms with Crippen LogP contribution in [0.1, 0.15) is 37.3 Å². The molecule has 0 spiro atoms. The number of hydrogen-bond acceptors (Lipinski definition) is 4. The summed E-state index contributed by atoms with van der Waals surface area (Å²) in [5.41, 5.74) is 0.622. The van der Waals surface area contributed by atoms with Gasteiger partial charge in [0, 0.05) is 25.2 Å². The molecule has 0 saturated carbocycles. The Bertz CT molecular complexity index is 775. The van der Waals surface area contributed by atoms with Crippen molar-refractivity contribution in [3.63, 3.8) is 0 Å². The van der Waals surface area contributed by atoms with Crippen molar-refractivity contribution >= 4 is 11.6 Å². The van der Waals surface area contributed by atoms with Crippen LogP contribution in [0.4, 0.5) is 10.1 Å². The summed E-state index contributed by atoms with van der Waals surface area (Å²) in [5.74, 6) is 1.61. The van der Waals surface area contributed by atoms with E-state index in [-0.39, 0.29) is 17.8 Å². The summed E-state index contributed by atoms with van der Waals surface area (Å²) in [6.45, 7) is 2.11. The first-order chi connectivity index (χ1) is 12.2. The van der Waals surface area contributed by atoms with Gasteiger partial charge in [-0.2, -0.15) is 0 Å². The summed E-state index contributed by atoms with van der Waals surface area (Å²) in [5, 5.41) is 11.8. The minimum atomic E-state index is -0.324. The number of benzene rings is 1. The summed E-state index contributed by atoms with van der Waals surface area (Å²) < 4.78 is 15.6. The number of carbonyl (C=O) groups excluding carboxylic acids is 1. The molecule has 1 fully saturated rings. The number of carbonyl (C=O) groups is 1. The minimum Gasteiger partial charge on any atom is -0.314 e. The second-order valence-corrected chi connectivity index (χ2v) is 6.69. The Morgan fingerprint density at radius 1 is 1.20 bits per heavy atom. The minimum absolute atomic E-state index is 0.00441. The lowest BCUT2D eigenvalue weighted by Crippen LogP contribution is -2.50. The van der Waals surface area contributed by atoms with Crippen LogP contribution in [0.25, 0.3) is 0 Å². The number of piperidine rings is 1. The van der Waals surface area contributed by atoms with Crippen molar-refractivity contribution in [1.82, 2.24) is 20.1 Å². The predicted octanol–water partition coefficient (Wildman–Crippen LogP) is 2.04. The number of fused-ring (bicyclic) bond motifs is 1. The lowest BCUT2D eigenvalue weighted by molar-refractivity contribution is -0.121. The van der Waals surface area contributed by atoms with E-state index in [1.807, 2.05) is 0 Å². The van der Waals surface area contributed by atoms with Crippen molar-refractivity contribution in [2.75, 3.05) is 11.4 Å². The Balaban J connectivity index is 1.44. The van der Waals surface area contributed by atoms with Crippen LogP contribution in [0.3, 0.4) is 0 Å². The molecule has 132 valence electrons. The maximum atomic E-state index is 13.5. The zero-order valence-corrected chi connectivity index (χ0v) is 14.1. The zero-order valence-electron chi connectivity index (χ0n) is 14.1. The van der Waals surface area contributed by atoms with Gasteiger partial charge in [-0.25, -0.2) is 4.39 Å². The van der Waals surface area contributed by atoms with E-state index < -0.39 is 0 Å². The van der Waals surface area contributed by atoms with Gasteiger partial charge in [0.25, 0.3) is 0 Å². The molecule has 0 unspecified atom stereocenters. The Labute approximate surface area is 146 Å². The van der Waals surface area contributed by atoms with E-state index in [1.54, 1.807) is 17.0 Å². The molecular weight excluding hydrogens is 321 g/mol. The van der Waals surface area contributed by atoms with Crippen molar-refractivity contribution < 1.29 is 9.18 Å². The number of anilines is 1. The maximum absolute atomic E-state index is 13.5. The monoisotopic (exact) mass is 343 g/mol. The van der Waals surface area contributed by atoms with Gasteiger partial charge in [0.15, 0.2) is 0 Å². The number of aryl methyl sites for hydroxylation is 1. The van der Waals surface area contributed by atoms with Gasteiger partial charge in [-0.1, -0.05) is 6.07 Å². The maximum Gasteiger partial charge on any atom is 0.244 e. The second kappa shape index (κ2) is 6.92. The van der Waals surface area contributed by atoms with Gasteiger partial charge in [-0.3, -0.25) is 10.1 Å². The second-order valence-electron chi connectivity index (χ2n) is 6.69. The van der Waals surface area contributed by atoms with Crippen LogP contribution >= 0.6 is 0 Å². The Hall–Kier alpha value is -2.28. The van der Waals surface area contributed by atoms with Gasteiger partial charge < -0.3 is 9.47 Å². The third-order valence-corrected chi connectivity index (χ3v) is 5.00. The van der Waals surface area contributed by atoms with Crippen LogP contribution < -0.4 is 10.2 Å². The molecular formula is C18H22FN5O. The van der Waals surface area contributed by atoms with Gasteiger partial charge in [0.1, 0.15) is 17.5 Å². The van der Waals surface area contributed by atoms with Crippen LogP contribution in [-0.2, 0) is 24.3 Å². The number of rotatable bonds is 4. The normalized spacial score (nSPS) is 20.6. The largest absolute Gasteiger partial charge is 0.314 e. The highest BCUT2D eigenvalue weighted by molar-refractivity contribution is 5.97. The number of hydrogen-bond donors (Lipinski definition) is 1. The quantitative estimate of drug-likeness (QED) is 0.923. The summed E-state index contributed by atoms with van der Waals surface area (Å²) >= 11 is 0. The van der Waals surface area contributed by atoms with Gasteiger partial charge in [-0.15, -0.1) is 10.2 Å². The average molecular weight is 343 g/mol. The van der Waals surface area contributed by atoms with Crippen molar-refractivity contribution in [2.24, 2.45) is 0 Å². The van der Waals surface area contributed by atoms with Crippen molar-refractivity contribution in [3.8, 4) is 0 Å². The van der Waals surface area contributed by atoms with Crippen LogP contribution in [0.15, 0.2) is 24.3 Å². The van der Waals surface area contributed by atoms with E-state index in [0.717, 1.165) is 50.3 Å². The standard InChI is InChI=1S/C18H22FN5O/c19-13-5-3-6-14(11-13)23-10-4-7-15(18(23)25)20-12-17-22-21-16-8-1-2-9-24(16)17/h3,5-6,11,15,20H,1-2,4,7-10,12H2/t15-/m0/s1. The Morgan fingerprint density at radius 2 is 2.12 bits per heavy atom. The third-order valence-electron chi connectivity index (χ3n) is 5.00. The highest BCUT2D eigenvalue weighted by Gasteiger charge is 2.30. The van der Waals surface area contributed by atoms with Crippen molar-refractivity contribution in [3.05, 3.63) is 41.7 Å². The number of halogens is 1. The molecule has 2 aromatic rings. The molecule has 0 radical (unpaired) electrons. The third kappa shape index (κ3) is 3.28. The van der Waals surface area contributed by atoms with Crippen molar-refractivity contribution in [1.29, 1.82) is 0 Å². The topological polar surface area (TPSA) is 63.1 Å². The first-order valence-electron chi connectivity index (χ1n) is 8.93. The first-order valence-corrected chi connectivity index (χ1v) is 8.93. The zero-order chi connectivity index (χ0) is 17.2. The SMILES string of the molecule is O=C1[C@@H](NCc2nnc3n2CCCC3)CCCN1c1cccc(F)c1. The molecule has 6 nitrogen and oxygen atoms in total. The number of amides is 1. The Kier molecular flexibility index (Phi) is 4.48. The molecule has 1 aromatic carbocycles. The molecule has 0 aliphatic carbocycles. The first kappa shape index (κ1) is 16.2. The van der Waals surface area contributed by atoms with Gasteiger partial charge in [0.05, 0.1) is 12.6 Å². The van der Waals surface area contributed by atoms with E-state index >= 15 is 0 Å². The van der Waals surface area contributed by atoms with Gasteiger partial charge >= 0.3 is 0 Å². The highest BCUT2D eigenvalue weighted by Crippen LogP contribution is 2.22. The van der Waals surface area contributed by atoms with Crippen molar-refractivity contribution in [2.45, 2.75) is 51.2 Å². The summed E-state index contributed by atoms with van der Waals surface area (Å²) in [4.78, 5) is 14.5. The number of aromatic nitrogens is 3. The molecule has 7 heteroatoms. The molecule has 2 aliphatic heterocycles. The smallest absolute Gasteiger partial charge is 0.244 e. The summed E-state index contributed by atoms with van der Waals surface area (Å²) in [7, 11) is 0. The van der Waals surface area contributed by atoms with Crippen LogP contribution in [0.5, 0.6) is 0 Å². The van der Waals surface area contributed by atoms with E-state index in [0.29, 0.717) is 18.8 Å². The highest BCUT2D eigenvalue weighted by atomic mass is 19.1. The van der Waals surface area contributed by atoms with Crippen LogP contribution in [0, 0.1) is 5.82 Å². The van der Waals surface area contributed by atoms with Crippen LogP contribution in [0.2, 0.25) is 0 Å². The molecule has 3 heterocycles. The molecule has 1 N–H and O–H groups in total. The van der Waals surface area contributed by atoms with Gasteiger partial charge in [0.2, 0.25) is 5.91 Å². The fourth-order valence-electron chi connectivity index (χ4n) is 3.68.